The van der Waals surface area contributed by atoms with E-state index in [2.05, 4.69) is 38.3 Å². The second-order valence-electron chi connectivity index (χ2n) is 6.93. The van der Waals surface area contributed by atoms with Crippen LogP contribution in [0, 0.1) is 5.92 Å². The number of aromatic nitrogens is 2. The molecule has 0 amide bonds. The number of hydrogen-bond acceptors (Lipinski definition) is 6. The summed E-state index contributed by atoms with van der Waals surface area (Å²) in [6, 6.07) is 0. The van der Waals surface area contributed by atoms with E-state index in [9.17, 15) is 0 Å². The van der Waals surface area contributed by atoms with Crippen LogP contribution in [-0.2, 0) is 11.2 Å². The average molecular weight is 381 g/mol. The Balaban J connectivity index is 1.41. The number of nitrogens with zero attached hydrogens (tertiary/aromatic N) is 5. The Hall–Kier alpha value is -1.41. The van der Waals surface area contributed by atoms with Crippen LogP contribution in [0.25, 0.3) is 0 Å². The molecular formula is C18H32N6OS. The lowest BCUT2D eigenvalue weighted by atomic mass is 10.3. The molecule has 2 heterocycles. The van der Waals surface area contributed by atoms with Crippen LogP contribution in [0.4, 0.5) is 5.13 Å². The lowest BCUT2D eigenvalue weighted by molar-refractivity contribution is 0.123. The molecular weight excluding hydrogens is 348 g/mol. The number of guanidine groups is 1. The Morgan fingerprint density at radius 2 is 2.08 bits per heavy atom. The molecule has 2 fully saturated rings. The molecule has 26 heavy (non-hydrogen) atoms. The SMILES string of the molecule is CCNC(=NCCCOCC1CC1)N1CCN(c2nc(CC)ns2)CC1. The summed E-state index contributed by atoms with van der Waals surface area (Å²) < 4.78 is 10.1. The van der Waals surface area contributed by atoms with Crippen LogP contribution in [0.3, 0.4) is 0 Å². The van der Waals surface area contributed by atoms with E-state index in [1.54, 1.807) is 0 Å². The third-order valence-electron chi connectivity index (χ3n) is 4.72. The molecule has 0 spiro atoms. The summed E-state index contributed by atoms with van der Waals surface area (Å²) in [6.07, 6.45) is 4.60. The maximum absolute atomic E-state index is 5.70. The second kappa shape index (κ2) is 10.1. The number of hydrogen-bond donors (Lipinski definition) is 1. The van der Waals surface area contributed by atoms with E-state index in [1.165, 1.54) is 24.4 Å². The molecule has 0 aromatic carbocycles. The van der Waals surface area contributed by atoms with Crippen LogP contribution in [0.5, 0.6) is 0 Å². The molecule has 1 aromatic heterocycles. The molecule has 1 saturated heterocycles. The minimum Gasteiger partial charge on any atom is -0.381 e. The molecule has 0 bridgehead atoms. The van der Waals surface area contributed by atoms with Gasteiger partial charge in [0.25, 0.3) is 0 Å². The Morgan fingerprint density at radius 1 is 1.27 bits per heavy atom. The van der Waals surface area contributed by atoms with Gasteiger partial charge in [0.15, 0.2) is 5.96 Å². The maximum atomic E-state index is 5.70. The van der Waals surface area contributed by atoms with Gasteiger partial charge in [-0.05, 0) is 32.1 Å². The van der Waals surface area contributed by atoms with Gasteiger partial charge in [-0.15, -0.1) is 0 Å². The van der Waals surface area contributed by atoms with E-state index in [0.717, 1.165) is 88.2 Å². The molecule has 2 aliphatic rings. The van der Waals surface area contributed by atoms with Crippen molar-refractivity contribution in [1.82, 2.24) is 19.6 Å². The molecule has 0 radical (unpaired) electrons. The predicted octanol–water partition coefficient (Wildman–Crippen LogP) is 2.00. The van der Waals surface area contributed by atoms with E-state index in [1.807, 2.05) is 0 Å². The maximum Gasteiger partial charge on any atom is 0.205 e. The fourth-order valence-corrected chi connectivity index (χ4v) is 3.74. The zero-order chi connectivity index (χ0) is 18.2. The molecule has 1 aliphatic carbocycles. The summed E-state index contributed by atoms with van der Waals surface area (Å²) in [5.41, 5.74) is 0. The lowest BCUT2D eigenvalue weighted by Gasteiger charge is -2.36. The largest absolute Gasteiger partial charge is 0.381 e. The van der Waals surface area contributed by atoms with Gasteiger partial charge in [0.1, 0.15) is 5.82 Å². The number of aryl methyl sites for hydroxylation is 1. The molecule has 146 valence electrons. The molecule has 7 nitrogen and oxygen atoms in total. The van der Waals surface area contributed by atoms with Crippen molar-refractivity contribution in [3.05, 3.63) is 5.82 Å². The van der Waals surface area contributed by atoms with E-state index in [4.69, 9.17) is 9.73 Å². The Morgan fingerprint density at radius 3 is 2.73 bits per heavy atom. The average Bonchev–Trinajstić information content (AvgIpc) is 3.37. The normalized spacial score (nSPS) is 18.5. The van der Waals surface area contributed by atoms with E-state index < -0.39 is 0 Å². The van der Waals surface area contributed by atoms with Gasteiger partial charge in [0, 0.05) is 70.4 Å². The summed E-state index contributed by atoms with van der Waals surface area (Å²) in [5.74, 6) is 2.82. The fourth-order valence-electron chi connectivity index (χ4n) is 2.94. The first-order valence-electron chi connectivity index (χ1n) is 9.98. The summed E-state index contributed by atoms with van der Waals surface area (Å²) in [4.78, 5) is 14.1. The predicted molar refractivity (Wildman–Crippen MR) is 107 cm³/mol. The zero-order valence-electron chi connectivity index (χ0n) is 16.1. The minimum atomic E-state index is 0.823. The highest BCUT2D eigenvalue weighted by atomic mass is 32.1. The zero-order valence-corrected chi connectivity index (χ0v) is 16.9. The monoisotopic (exact) mass is 380 g/mol. The van der Waals surface area contributed by atoms with Gasteiger partial charge in [0.05, 0.1) is 0 Å². The fraction of sp³-hybridized carbons (Fsp3) is 0.833. The summed E-state index contributed by atoms with van der Waals surface area (Å²) in [7, 11) is 0. The number of ether oxygens (including phenoxy) is 1. The minimum absolute atomic E-state index is 0.823. The third kappa shape index (κ3) is 5.81. The van der Waals surface area contributed by atoms with Crippen molar-refractivity contribution in [3.8, 4) is 0 Å². The first-order valence-corrected chi connectivity index (χ1v) is 10.8. The van der Waals surface area contributed by atoms with Crippen LogP contribution in [0.15, 0.2) is 4.99 Å². The molecule has 0 unspecified atom stereocenters. The highest BCUT2D eigenvalue weighted by Gasteiger charge is 2.22. The van der Waals surface area contributed by atoms with Crippen molar-refractivity contribution in [2.75, 3.05) is 57.4 Å². The van der Waals surface area contributed by atoms with Crippen molar-refractivity contribution in [2.45, 2.75) is 39.5 Å². The van der Waals surface area contributed by atoms with Crippen LogP contribution >= 0.6 is 11.5 Å². The summed E-state index contributed by atoms with van der Waals surface area (Å²) in [6.45, 7) is 11.6. The van der Waals surface area contributed by atoms with Crippen LogP contribution < -0.4 is 10.2 Å². The van der Waals surface area contributed by atoms with Crippen molar-refractivity contribution >= 4 is 22.6 Å². The molecule has 1 N–H and O–H groups in total. The van der Waals surface area contributed by atoms with Crippen LogP contribution in [-0.4, -0.2) is 72.7 Å². The molecule has 1 saturated carbocycles. The van der Waals surface area contributed by atoms with Crippen molar-refractivity contribution in [1.29, 1.82) is 0 Å². The number of aliphatic imine (C=N–C) groups is 1. The number of nitrogens with one attached hydrogen (secondary N) is 1. The number of piperazine rings is 1. The van der Waals surface area contributed by atoms with E-state index in [0.29, 0.717) is 0 Å². The Bertz CT molecular complexity index is 566. The van der Waals surface area contributed by atoms with Gasteiger partial charge in [-0.2, -0.15) is 4.37 Å². The van der Waals surface area contributed by atoms with Gasteiger partial charge < -0.3 is 19.9 Å². The molecule has 1 aromatic rings. The number of anilines is 1. The number of rotatable bonds is 9. The van der Waals surface area contributed by atoms with Crippen LogP contribution in [0.2, 0.25) is 0 Å². The van der Waals surface area contributed by atoms with Crippen molar-refractivity contribution in [2.24, 2.45) is 10.9 Å². The third-order valence-corrected chi connectivity index (χ3v) is 5.53. The molecule has 0 atom stereocenters. The standard InChI is InChI=1S/C18H32N6OS/c1-3-16-21-18(26-22-16)24-11-9-23(10-12-24)17(19-4-2)20-8-5-13-25-14-15-6-7-15/h15H,3-14H2,1-2H3,(H,19,20). The van der Waals surface area contributed by atoms with Gasteiger partial charge in [-0.25, -0.2) is 4.98 Å². The smallest absolute Gasteiger partial charge is 0.205 e. The van der Waals surface area contributed by atoms with Crippen molar-refractivity contribution < 1.29 is 4.74 Å². The summed E-state index contributed by atoms with van der Waals surface area (Å²) >= 11 is 1.51. The Kier molecular flexibility index (Phi) is 7.49. The second-order valence-corrected chi connectivity index (χ2v) is 7.66. The lowest BCUT2D eigenvalue weighted by Crippen LogP contribution is -2.52. The first-order chi connectivity index (χ1) is 12.8. The van der Waals surface area contributed by atoms with E-state index >= 15 is 0 Å². The molecule has 8 heteroatoms. The van der Waals surface area contributed by atoms with E-state index in [-0.39, 0.29) is 0 Å². The quantitative estimate of drug-likeness (QED) is 0.402. The van der Waals surface area contributed by atoms with Gasteiger partial charge in [-0.1, -0.05) is 6.92 Å². The molecule has 3 rings (SSSR count). The highest BCUT2D eigenvalue weighted by molar-refractivity contribution is 7.09. The molecule has 1 aliphatic heterocycles. The van der Waals surface area contributed by atoms with Crippen molar-refractivity contribution in [3.63, 3.8) is 0 Å². The summed E-state index contributed by atoms with van der Waals surface area (Å²) in [5, 5.41) is 4.48. The van der Waals surface area contributed by atoms with Gasteiger partial charge in [0.2, 0.25) is 5.13 Å². The van der Waals surface area contributed by atoms with Crippen LogP contribution in [0.1, 0.15) is 38.9 Å². The van der Waals surface area contributed by atoms with Gasteiger partial charge >= 0.3 is 0 Å². The first kappa shape index (κ1) is 19.4. The Labute approximate surface area is 161 Å². The van der Waals surface area contributed by atoms with Gasteiger partial charge in [-0.3, -0.25) is 4.99 Å². The highest BCUT2D eigenvalue weighted by Crippen LogP contribution is 2.28. The topological polar surface area (TPSA) is 65.9 Å².